The molecule has 10 rings (SSSR count). The van der Waals surface area contributed by atoms with Crippen molar-refractivity contribution < 1.29 is 40.8 Å². The molecule has 0 spiro atoms. The van der Waals surface area contributed by atoms with Crippen molar-refractivity contribution in [3.63, 3.8) is 0 Å². The van der Waals surface area contributed by atoms with E-state index in [0.717, 1.165) is 78.4 Å². The number of aryl methyl sites for hydroxylation is 2. The first-order chi connectivity index (χ1) is 29.1. The maximum atomic E-state index is 4.90. The third-order valence-corrected chi connectivity index (χ3v) is 10.0. The van der Waals surface area contributed by atoms with E-state index in [1.54, 1.807) is 12.4 Å². The summed E-state index contributed by atoms with van der Waals surface area (Å²) in [6.07, 6.45) is 3.60. The SMILES string of the molecule is Cc1nc(C)nc(-n2c3[c-]c(N(c4[c-]c(-c5ccccn5)ccc4)c4ccccc4)ccc3c3ccc(N(c4[c-]c(-c5ccccn5)ccc4)c4ccccc4)[c-]c32)n1.[Pd+2].[Pd+2]. The van der Waals surface area contributed by atoms with Gasteiger partial charge in [0, 0.05) is 23.8 Å². The summed E-state index contributed by atoms with van der Waals surface area (Å²) in [7, 11) is 0. The van der Waals surface area contributed by atoms with Gasteiger partial charge >= 0.3 is 40.8 Å². The average Bonchev–Trinajstić information content (AvgIpc) is 3.61. The predicted molar refractivity (Wildman–Crippen MR) is 235 cm³/mol. The molecule has 0 bridgehead atoms. The van der Waals surface area contributed by atoms with Gasteiger partial charge in [0.15, 0.2) is 0 Å². The topological polar surface area (TPSA) is 75.9 Å². The minimum atomic E-state index is 0. The molecule has 0 radical (unpaired) electrons. The molecule has 0 N–H and O–H groups in total. The summed E-state index contributed by atoms with van der Waals surface area (Å²) in [5.74, 6) is 1.73. The van der Waals surface area contributed by atoms with Gasteiger partial charge in [-0.25, -0.2) is 4.98 Å². The van der Waals surface area contributed by atoms with Gasteiger partial charge in [-0.2, -0.15) is 32.9 Å². The van der Waals surface area contributed by atoms with Crippen molar-refractivity contribution in [1.82, 2.24) is 29.5 Å². The van der Waals surface area contributed by atoms with Gasteiger partial charge in [0.05, 0.1) is 0 Å². The van der Waals surface area contributed by atoms with E-state index < -0.39 is 0 Å². The summed E-state index contributed by atoms with van der Waals surface area (Å²) >= 11 is 0. The van der Waals surface area contributed by atoms with Gasteiger partial charge in [0.25, 0.3) is 0 Å². The van der Waals surface area contributed by atoms with Crippen molar-refractivity contribution >= 4 is 55.9 Å². The normalized spacial score (nSPS) is 10.9. The predicted octanol–water partition coefficient (Wildman–Crippen LogP) is 11.8. The fourth-order valence-corrected chi connectivity index (χ4v) is 7.49. The minimum Gasteiger partial charge on any atom is -0.352 e. The van der Waals surface area contributed by atoms with Crippen LogP contribution in [-0.2, 0) is 40.8 Å². The largest absolute Gasteiger partial charge is 2.00 e. The van der Waals surface area contributed by atoms with Gasteiger partial charge in [0.1, 0.15) is 11.6 Å². The zero-order valence-corrected chi connectivity index (χ0v) is 36.0. The summed E-state index contributed by atoms with van der Waals surface area (Å²) < 4.78 is 2.05. The molecule has 61 heavy (non-hydrogen) atoms. The molecule has 0 aliphatic rings. The summed E-state index contributed by atoms with van der Waals surface area (Å²) in [4.78, 5) is 27.9. The Bertz CT molecular complexity index is 2890. The Morgan fingerprint density at radius 3 is 1.26 bits per heavy atom. The molecule has 0 saturated carbocycles. The number of nitrogens with zero attached hydrogens (tertiary/aromatic N) is 8. The fourth-order valence-electron chi connectivity index (χ4n) is 7.49. The number of aromatic nitrogens is 6. The third kappa shape index (κ3) is 8.16. The molecular weight excluding hydrogens is 937 g/mol. The van der Waals surface area contributed by atoms with Crippen molar-refractivity contribution in [3.8, 4) is 28.5 Å². The van der Waals surface area contributed by atoms with Crippen LogP contribution < -0.4 is 9.80 Å². The summed E-state index contributed by atoms with van der Waals surface area (Å²) in [6.45, 7) is 3.78. The molecule has 6 aromatic carbocycles. The quantitative estimate of drug-likeness (QED) is 0.105. The Morgan fingerprint density at radius 1 is 0.410 bits per heavy atom. The number of rotatable bonds is 9. The van der Waals surface area contributed by atoms with Gasteiger partial charge in [0.2, 0.25) is 5.95 Å². The van der Waals surface area contributed by atoms with Crippen molar-refractivity contribution in [2.45, 2.75) is 13.8 Å². The first-order valence-electron chi connectivity index (χ1n) is 19.3. The van der Waals surface area contributed by atoms with Gasteiger partial charge in [-0.1, -0.05) is 83.1 Å². The summed E-state index contributed by atoms with van der Waals surface area (Å²) in [5.41, 5.74) is 10.3. The van der Waals surface area contributed by atoms with Crippen molar-refractivity contribution in [3.05, 3.63) is 206 Å². The molecule has 0 aliphatic heterocycles. The number of hydrogen-bond acceptors (Lipinski definition) is 7. The average molecular weight is 972 g/mol. The van der Waals surface area contributed by atoms with Crippen LogP contribution >= 0.6 is 0 Å². The van der Waals surface area contributed by atoms with E-state index in [0.29, 0.717) is 17.6 Å². The smallest absolute Gasteiger partial charge is 0.352 e. The Labute approximate surface area is 382 Å². The first-order valence-corrected chi connectivity index (χ1v) is 19.3. The van der Waals surface area contributed by atoms with Crippen LogP contribution in [0.3, 0.4) is 0 Å². The Morgan fingerprint density at radius 2 is 0.836 bits per heavy atom. The van der Waals surface area contributed by atoms with Crippen LogP contribution in [0.1, 0.15) is 11.6 Å². The number of fused-ring (bicyclic) bond motifs is 3. The number of hydrogen-bond donors (Lipinski definition) is 0. The molecule has 10 heteroatoms. The van der Waals surface area contributed by atoms with Gasteiger partial charge in [-0.05, 0) is 73.0 Å². The van der Waals surface area contributed by atoms with Crippen LogP contribution in [0, 0.1) is 38.1 Å². The maximum Gasteiger partial charge on any atom is 2.00 e. The van der Waals surface area contributed by atoms with Crippen LogP contribution in [0.2, 0.25) is 0 Å². The number of pyridine rings is 2. The van der Waals surface area contributed by atoms with Gasteiger partial charge in [-0.3, -0.25) is 0 Å². The Balaban J connectivity index is 0.00000257. The van der Waals surface area contributed by atoms with Crippen molar-refractivity contribution in [2.24, 2.45) is 0 Å². The van der Waals surface area contributed by atoms with Crippen LogP contribution in [0.4, 0.5) is 34.1 Å². The minimum absolute atomic E-state index is 0. The molecule has 8 nitrogen and oxygen atoms in total. The van der Waals surface area contributed by atoms with E-state index >= 15 is 0 Å². The van der Waals surface area contributed by atoms with Gasteiger partial charge < -0.3 is 24.3 Å². The molecule has 0 amide bonds. The Kier molecular flexibility index (Phi) is 12.1. The summed E-state index contributed by atoms with van der Waals surface area (Å²) in [5, 5.41) is 1.97. The second kappa shape index (κ2) is 17.9. The van der Waals surface area contributed by atoms with Crippen LogP contribution in [0.15, 0.2) is 170 Å². The van der Waals surface area contributed by atoms with E-state index in [9.17, 15) is 0 Å². The molecule has 0 atom stereocenters. The molecule has 0 fully saturated rings. The number of para-hydroxylation sites is 2. The Hall–Kier alpha value is -6.65. The van der Waals surface area contributed by atoms with E-state index in [4.69, 9.17) is 9.97 Å². The van der Waals surface area contributed by atoms with E-state index in [2.05, 4.69) is 110 Å². The van der Waals surface area contributed by atoms with Crippen LogP contribution in [-0.4, -0.2) is 29.5 Å². The second-order valence-corrected chi connectivity index (χ2v) is 13.9. The third-order valence-electron chi connectivity index (χ3n) is 10.0. The van der Waals surface area contributed by atoms with Gasteiger partial charge in [-0.15, -0.1) is 83.9 Å². The standard InChI is InChI=1S/C51H34N8.2Pd/c1-35-54-36(2)56-51(55-35)59-49-33-43(57(39-17-5-3-6-18-39)41-21-13-15-37(31-41)47-23-9-11-29-52-47)25-27-45(49)46-28-26-44(34-50(46)59)58(40-19-7-4-8-20-40)42-22-14-16-38(32-42)48-24-10-12-30-53-48;;/h3-30H,1-2H3;;/q-4;2*+2. The van der Waals surface area contributed by atoms with Crippen molar-refractivity contribution in [1.29, 1.82) is 0 Å². The molecule has 0 aliphatic carbocycles. The molecule has 298 valence electrons. The fraction of sp³-hybridized carbons (Fsp3) is 0.0392. The van der Waals surface area contributed by atoms with E-state index in [1.807, 2.05) is 115 Å². The monoisotopic (exact) mass is 970 g/mol. The van der Waals surface area contributed by atoms with Crippen LogP contribution in [0.25, 0.3) is 50.3 Å². The maximum absolute atomic E-state index is 4.90. The molecule has 0 saturated heterocycles. The molecule has 0 unspecified atom stereocenters. The van der Waals surface area contributed by atoms with Crippen LogP contribution in [0.5, 0.6) is 0 Å². The van der Waals surface area contributed by atoms with E-state index in [-0.39, 0.29) is 40.8 Å². The molecule has 4 heterocycles. The number of benzene rings is 6. The molecular formula is C51H34N8Pd2. The van der Waals surface area contributed by atoms with Crippen molar-refractivity contribution in [2.75, 3.05) is 9.80 Å². The second-order valence-electron chi connectivity index (χ2n) is 13.9. The molecule has 10 aromatic rings. The molecule has 4 aromatic heterocycles. The zero-order chi connectivity index (χ0) is 39.7. The summed E-state index contributed by atoms with van der Waals surface area (Å²) in [6, 6.07) is 68.0. The first kappa shape index (κ1) is 41.1. The zero-order valence-electron chi connectivity index (χ0n) is 32.9. The number of anilines is 6. The van der Waals surface area contributed by atoms with E-state index in [1.165, 1.54) is 0 Å².